The molecule has 1 aliphatic heterocycles. The number of hydrogen-bond acceptors (Lipinski definition) is 4. The van der Waals surface area contributed by atoms with E-state index in [-0.39, 0.29) is 12.0 Å². The van der Waals surface area contributed by atoms with Crippen LogP contribution in [0.1, 0.15) is 33.1 Å². The lowest BCUT2D eigenvalue weighted by Gasteiger charge is -2.25. The molecule has 0 spiro atoms. The fraction of sp³-hybridized carbons (Fsp3) is 0.0800. The minimum absolute atomic E-state index is 0.127. The van der Waals surface area contributed by atoms with Crippen LogP contribution >= 0.6 is 11.6 Å². The van der Waals surface area contributed by atoms with E-state index in [1.165, 1.54) is 24.3 Å². The maximum atomic E-state index is 13.2. The van der Waals surface area contributed by atoms with Gasteiger partial charge in [0.2, 0.25) is 5.95 Å². The summed E-state index contributed by atoms with van der Waals surface area (Å²) in [5.41, 5.74) is 4.16. The monoisotopic (exact) mass is 459 g/mol. The van der Waals surface area contributed by atoms with Gasteiger partial charge in [0.15, 0.2) is 0 Å². The first kappa shape index (κ1) is 20.9. The second-order valence-corrected chi connectivity index (χ2v) is 8.11. The molecule has 0 bridgehead atoms. The van der Waals surface area contributed by atoms with Crippen molar-refractivity contribution >= 4 is 35.1 Å². The van der Waals surface area contributed by atoms with Crippen LogP contribution in [0.25, 0.3) is 5.70 Å². The van der Waals surface area contributed by atoms with Gasteiger partial charge in [-0.1, -0.05) is 59.6 Å². The van der Waals surface area contributed by atoms with E-state index < -0.39 is 11.7 Å². The second kappa shape index (κ2) is 8.52. The van der Waals surface area contributed by atoms with Crippen molar-refractivity contribution in [1.29, 1.82) is 0 Å². The van der Waals surface area contributed by atoms with Gasteiger partial charge in [0.25, 0.3) is 11.9 Å². The molecular weight excluding hydrogens is 441 g/mol. The number of rotatable bonds is 4. The highest BCUT2D eigenvalue weighted by Gasteiger charge is 2.27. The SMILES string of the molecule is Cc1ccc(C2=C[C@@H](c3ccccc3Cl)n3nc(NC(=O)c4ccc(F)cc4)nc3N2)cc1. The molecule has 0 aliphatic carbocycles. The first-order valence-electron chi connectivity index (χ1n) is 10.3. The Kier molecular flexibility index (Phi) is 5.40. The zero-order chi connectivity index (χ0) is 22.9. The number of nitrogens with one attached hydrogen (secondary N) is 2. The van der Waals surface area contributed by atoms with Crippen molar-refractivity contribution in [3.63, 3.8) is 0 Å². The molecule has 1 amide bonds. The molecule has 3 aromatic carbocycles. The number of hydrogen-bond donors (Lipinski definition) is 2. The van der Waals surface area contributed by atoms with Gasteiger partial charge in [0, 0.05) is 16.3 Å². The lowest BCUT2D eigenvalue weighted by Crippen LogP contribution is -2.20. The van der Waals surface area contributed by atoms with E-state index in [4.69, 9.17) is 11.6 Å². The largest absolute Gasteiger partial charge is 0.324 e. The van der Waals surface area contributed by atoms with Crippen molar-refractivity contribution in [2.24, 2.45) is 0 Å². The molecule has 0 saturated carbocycles. The zero-order valence-corrected chi connectivity index (χ0v) is 18.3. The molecule has 33 heavy (non-hydrogen) atoms. The van der Waals surface area contributed by atoms with E-state index in [0.717, 1.165) is 22.4 Å². The van der Waals surface area contributed by atoms with Gasteiger partial charge >= 0.3 is 0 Å². The van der Waals surface area contributed by atoms with Gasteiger partial charge < -0.3 is 5.32 Å². The number of anilines is 2. The van der Waals surface area contributed by atoms with E-state index in [1.54, 1.807) is 4.68 Å². The fourth-order valence-electron chi connectivity index (χ4n) is 3.66. The van der Waals surface area contributed by atoms with Gasteiger partial charge in [-0.3, -0.25) is 10.1 Å². The average molecular weight is 460 g/mol. The third-order valence-electron chi connectivity index (χ3n) is 5.38. The Morgan fingerprint density at radius 2 is 1.79 bits per heavy atom. The Hall–Kier alpha value is -3.97. The molecule has 0 fully saturated rings. The Morgan fingerprint density at radius 3 is 2.52 bits per heavy atom. The highest BCUT2D eigenvalue weighted by atomic mass is 35.5. The second-order valence-electron chi connectivity index (χ2n) is 7.70. The predicted octanol–water partition coefficient (Wildman–Crippen LogP) is 5.69. The molecule has 0 unspecified atom stereocenters. The summed E-state index contributed by atoms with van der Waals surface area (Å²) in [6, 6.07) is 20.6. The van der Waals surface area contributed by atoms with E-state index in [1.807, 2.05) is 61.5 Å². The summed E-state index contributed by atoms with van der Waals surface area (Å²) in [5, 5.41) is 11.1. The summed E-state index contributed by atoms with van der Waals surface area (Å²) in [4.78, 5) is 17.1. The van der Waals surface area contributed by atoms with Crippen molar-refractivity contribution in [3.05, 3.63) is 112 Å². The third kappa shape index (κ3) is 4.23. The lowest BCUT2D eigenvalue weighted by molar-refractivity contribution is 0.102. The highest BCUT2D eigenvalue weighted by molar-refractivity contribution is 6.31. The number of aromatic nitrogens is 3. The van der Waals surface area contributed by atoms with Gasteiger partial charge in [-0.2, -0.15) is 4.98 Å². The van der Waals surface area contributed by atoms with Gasteiger partial charge in [-0.15, -0.1) is 5.10 Å². The highest BCUT2D eigenvalue weighted by Crippen LogP contribution is 2.36. The number of nitrogens with zero attached hydrogens (tertiary/aromatic N) is 3. The number of fused-ring (bicyclic) bond motifs is 1. The van der Waals surface area contributed by atoms with E-state index >= 15 is 0 Å². The van der Waals surface area contributed by atoms with Crippen LogP contribution in [-0.4, -0.2) is 20.7 Å². The summed E-state index contributed by atoms with van der Waals surface area (Å²) in [5.74, 6) is -0.252. The van der Waals surface area contributed by atoms with Crippen LogP contribution in [0.5, 0.6) is 0 Å². The van der Waals surface area contributed by atoms with Crippen LogP contribution in [0.3, 0.4) is 0 Å². The van der Waals surface area contributed by atoms with Crippen molar-refractivity contribution < 1.29 is 9.18 Å². The number of carbonyl (C=O) groups excluding carboxylic acids is 1. The van der Waals surface area contributed by atoms with Crippen LogP contribution in [0.15, 0.2) is 78.9 Å². The number of halogens is 2. The van der Waals surface area contributed by atoms with Gasteiger partial charge in [-0.05, 0) is 54.5 Å². The molecule has 0 saturated heterocycles. The van der Waals surface area contributed by atoms with E-state index in [9.17, 15) is 9.18 Å². The molecule has 6 nitrogen and oxygen atoms in total. The first-order valence-corrected chi connectivity index (χ1v) is 10.7. The lowest BCUT2D eigenvalue weighted by atomic mass is 10.0. The minimum Gasteiger partial charge on any atom is -0.324 e. The molecule has 2 heterocycles. The Morgan fingerprint density at radius 1 is 1.06 bits per heavy atom. The summed E-state index contributed by atoms with van der Waals surface area (Å²) in [6.07, 6.45) is 2.03. The van der Waals surface area contributed by atoms with Crippen LogP contribution in [-0.2, 0) is 0 Å². The maximum Gasteiger partial charge on any atom is 0.258 e. The van der Waals surface area contributed by atoms with Crippen molar-refractivity contribution in [1.82, 2.24) is 14.8 Å². The Bertz CT molecular complexity index is 1360. The smallest absolute Gasteiger partial charge is 0.258 e. The molecule has 5 rings (SSSR count). The van der Waals surface area contributed by atoms with E-state index in [0.29, 0.717) is 16.5 Å². The van der Waals surface area contributed by atoms with Gasteiger partial charge in [-0.25, -0.2) is 9.07 Å². The number of aryl methyl sites for hydroxylation is 1. The zero-order valence-electron chi connectivity index (χ0n) is 17.6. The summed E-state index contributed by atoms with van der Waals surface area (Å²) < 4.78 is 14.9. The average Bonchev–Trinajstić information content (AvgIpc) is 3.22. The van der Waals surface area contributed by atoms with E-state index in [2.05, 4.69) is 20.7 Å². The molecule has 1 aromatic heterocycles. The number of allylic oxidation sites excluding steroid dienone is 1. The van der Waals surface area contributed by atoms with Gasteiger partial charge in [0.05, 0.1) is 0 Å². The molecule has 1 atom stereocenters. The van der Waals surface area contributed by atoms with Gasteiger partial charge in [0.1, 0.15) is 11.9 Å². The molecule has 0 radical (unpaired) electrons. The Labute approximate surface area is 194 Å². The van der Waals surface area contributed by atoms with Crippen LogP contribution in [0.2, 0.25) is 5.02 Å². The summed E-state index contributed by atoms with van der Waals surface area (Å²) >= 11 is 6.51. The first-order chi connectivity index (χ1) is 16.0. The van der Waals surface area contributed by atoms with Crippen molar-refractivity contribution in [2.75, 3.05) is 10.6 Å². The molecular formula is C25H19ClFN5O. The summed E-state index contributed by atoms with van der Waals surface area (Å²) in [6.45, 7) is 2.03. The van der Waals surface area contributed by atoms with Crippen molar-refractivity contribution in [2.45, 2.75) is 13.0 Å². The van der Waals surface area contributed by atoms with Crippen LogP contribution < -0.4 is 10.6 Å². The number of carbonyl (C=O) groups is 1. The maximum absolute atomic E-state index is 13.2. The van der Waals surface area contributed by atoms with Crippen LogP contribution in [0.4, 0.5) is 16.3 Å². The van der Waals surface area contributed by atoms with Crippen molar-refractivity contribution in [3.8, 4) is 0 Å². The molecule has 2 N–H and O–H groups in total. The fourth-order valence-corrected chi connectivity index (χ4v) is 3.91. The Balaban J connectivity index is 1.52. The molecule has 164 valence electrons. The molecule has 1 aliphatic rings. The molecule has 8 heteroatoms. The number of amides is 1. The normalized spacial score (nSPS) is 14.8. The third-order valence-corrected chi connectivity index (χ3v) is 5.73. The standard InChI is InChI=1S/C25H19ClFN5O/c1-15-6-8-16(9-7-15)21-14-22(19-4-2-3-5-20(19)26)32-25(28-21)30-24(31-32)29-23(33)17-10-12-18(27)13-11-17/h2-14,22H,1H3,(H2,28,29,30,31,33)/t22-/m0/s1. The number of benzene rings is 3. The topological polar surface area (TPSA) is 71.8 Å². The minimum atomic E-state index is -0.432. The molecule has 4 aromatic rings. The van der Waals surface area contributed by atoms with Crippen LogP contribution in [0, 0.1) is 12.7 Å². The quantitative estimate of drug-likeness (QED) is 0.411. The summed E-state index contributed by atoms with van der Waals surface area (Å²) in [7, 11) is 0. The predicted molar refractivity (Wildman–Crippen MR) is 127 cm³/mol.